The molecule has 0 spiro atoms. The van der Waals surface area contributed by atoms with Gasteiger partial charge in [0.15, 0.2) is 0 Å². The minimum atomic E-state index is -0.840. The Bertz CT molecular complexity index is 1000. The van der Waals surface area contributed by atoms with E-state index >= 15 is 0 Å². The molecule has 3 rings (SSSR count). The highest BCUT2D eigenvalue weighted by Gasteiger charge is 2.38. The van der Waals surface area contributed by atoms with E-state index in [0.29, 0.717) is 5.92 Å². The molecule has 2 unspecified atom stereocenters. The Kier molecular flexibility index (Phi) is 18.2. The van der Waals surface area contributed by atoms with E-state index in [0.717, 1.165) is 23.1 Å². The second kappa shape index (κ2) is 22.1. The zero-order valence-electron chi connectivity index (χ0n) is 28.7. The van der Waals surface area contributed by atoms with Crippen LogP contribution in [-0.4, -0.2) is 30.5 Å². The van der Waals surface area contributed by atoms with Crippen LogP contribution in [0.3, 0.4) is 0 Å². The number of hydrogen-bond acceptors (Lipinski definition) is 3. The van der Waals surface area contributed by atoms with E-state index in [-0.39, 0.29) is 19.3 Å². The lowest BCUT2D eigenvalue weighted by molar-refractivity contribution is -0.0868. The summed E-state index contributed by atoms with van der Waals surface area (Å²) < 4.78 is 13.4. The van der Waals surface area contributed by atoms with Crippen molar-refractivity contribution in [3.05, 3.63) is 108 Å². The second-order valence-electron chi connectivity index (χ2n) is 13.1. The second-order valence-corrected chi connectivity index (χ2v) is 13.1. The molecular weight excluding hydrogens is 552 g/mol. The molecule has 0 aliphatic heterocycles. The van der Waals surface area contributed by atoms with Crippen molar-refractivity contribution in [3.8, 4) is 0 Å². The first kappa shape index (κ1) is 37.0. The molecule has 0 amide bonds. The number of rotatable bonds is 25. The monoisotopic (exact) mass is 614 g/mol. The van der Waals surface area contributed by atoms with Gasteiger partial charge in [-0.2, -0.15) is 0 Å². The Labute approximate surface area is 275 Å². The highest BCUT2D eigenvalue weighted by molar-refractivity contribution is 5.47. The Morgan fingerprint density at radius 2 is 0.933 bits per heavy atom. The van der Waals surface area contributed by atoms with Crippen molar-refractivity contribution in [2.45, 2.75) is 135 Å². The van der Waals surface area contributed by atoms with Gasteiger partial charge in [0.25, 0.3) is 0 Å². The highest BCUT2D eigenvalue weighted by atomic mass is 16.5. The molecule has 0 aliphatic rings. The molecule has 0 saturated heterocycles. The van der Waals surface area contributed by atoms with Gasteiger partial charge >= 0.3 is 0 Å². The first-order valence-corrected chi connectivity index (χ1v) is 18.2. The number of benzene rings is 3. The molecule has 0 radical (unpaired) electrons. The lowest BCUT2D eigenvalue weighted by Gasteiger charge is -2.36. The Hall–Kier alpha value is -2.46. The third-order valence-electron chi connectivity index (χ3n) is 9.28. The molecule has 0 heterocycles. The standard InChI is InChI=1S/C42H62O3/c1-4-6-8-10-11-12-13-14-25-33-41(36(3)26-18-9-7-5-2)44-34-40(43)35-45-42(37-27-19-15-20-28-37,38-29-21-16-22-30-38)39-31-23-17-24-32-39/h15-17,19-24,27-32,36,40-41,43H,4-14,18,25-26,33-35H2,1-3H3/t36?,40-,41?/m0/s1. The lowest BCUT2D eigenvalue weighted by atomic mass is 9.80. The summed E-state index contributed by atoms with van der Waals surface area (Å²) in [5.41, 5.74) is 2.28. The molecule has 0 fully saturated rings. The molecule has 248 valence electrons. The first-order valence-electron chi connectivity index (χ1n) is 18.2. The van der Waals surface area contributed by atoms with Crippen LogP contribution in [0.25, 0.3) is 0 Å². The molecule has 3 heteroatoms. The Balaban J connectivity index is 1.64. The summed E-state index contributed by atoms with van der Waals surface area (Å²) in [7, 11) is 0. The summed E-state index contributed by atoms with van der Waals surface area (Å²) in [6, 6.07) is 31.1. The third-order valence-corrected chi connectivity index (χ3v) is 9.28. The average Bonchev–Trinajstić information content (AvgIpc) is 3.09. The molecule has 3 atom stereocenters. The predicted molar refractivity (Wildman–Crippen MR) is 191 cm³/mol. The van der Waals surface area contributed by atoms with Crippen LogP contribution in [0.1, 0.15) is 134 Å². The van der Waals surface area contributed by atoms with Crippen molar-refractivity contribution in [2.75, 3.05) is 13.2 Å². The van der Waals surface area contributed by atoms with Crippen LogP contribution in [0.4, 0.5) is 0 Å². The number of unbranched alkanes of at least 4 members (excludes halogenated alkanes) is 11. The van der Waals surface area contributed by atoms with E-state index in [1.54, 1.807) is 0 Å². The van der Waals surface area contributed by atoms with Crippen molar-refractivity contribution in [1.29, 1.82) is 0 Å². The average molecular weight is 615 g/mol. The largest absolute Gasteiger partial charge is 0.388 e. The number of ether oxygens (including phenoxy) is 2. The molecule has 1 N–H and O–H groups in total. The minimum Gasteiger partial charge on any atom is -0.388 e. The van der Waals surface area contributed by atoms with Crippen LogP contribution >= 0.6 is 0 Å². The minimum absolute atomic E-state index is 0.174. The van der Waals surface area contributed by atoms with Gasteiger partial charge in [-0.3, -0.25) is 0 Å². The summed E-state index contributed by atoms with van der Waals surface area (Å²) >= 11 is 0. The molecule has 0 bridgehead atoms. The fourth-order valence-corrected chi connectivity index (χ4v) is 6.54. The smallest absolute Gasteiger partial charge is 0.143 e. The molecule has 3 aromatic carbocycles. The molecule has 45 heavy (non-hydrogen) atoms. The summed E-state index contributed by atoms with van der Waals surface area (Å²) in [6.07, 6.45) is 18.8. The quantitative estimate of drug-likeness (QED) is 0.0762. The van der Waals surface area contributed by atoms with Gasteiger partial charge in [0.05, 0.1) is 19.3 Å². The maximum atomic E-state index is 11.3. The highest BCUT2D eigenvalue weighted by Crippen LogP contribution is 2.40. The lowest BCUT2D eigenvalue weighted by Crippen LogP contribution is -2.37. The van der Waals surface area contributed by atoms with Crippen molar-refractivity contribution in [3.63, 3.8) is 0 Å². The van der Waals surface area contributed by atoms with E-state index in [9.17, 15) is 5.11 Å². The van der Waals surface area contributed by atoms with Gasteiger partial charge < -0.3 is 14.6 Å². The first-order chi connectivity index (χ1) is 22.1. The molecule has 3 aromatic rings. The van der Waals surface area contributed by atoms with Gasteiger partial charge in [-0.15, -0.1) is 0 Å². The van der Waals surface area contributed by atoms with E-state index in [1.807, 2.05) is 18.2 Å². The van der Waals surface area contributed by atoms with E-state index in [2.05, 4.69) is 93.6 Å². The zero-order chi connectivity index (χ0) is 32.0. The van der Waals surface area contributed by atoms with Crippen molar-refractivity contribution < 1.29 is 14.6 Å². The SMILES string of the molecule is CCCCCCCCCCCC(OC[C@H](O)COC(c1ccccc1)(c1ccccc1)c1ccccc1)C(C)CCCCCC. The number of aliphatic hydroxyl groups excluding tert-OH is 1. The van der Waals surface area contributed by atoms with Crippen LogP contribution in [0.2, 0.25) is 0 Å². The Morgan fingerprint density at radius 3 is 1.40 bits per heavy atom. The van der Waals surface area contributed by atoms with Gasteiger partial charge in [0.2, 0.25) is 0 Å². The fraction of sp³-hybridized carbons (Fsp3) is 0.571. The number of hydrogen-bond donors (Lipinski definition) is 1. The van der Waals surface area contributed by atoms with Crippen LogP contribution in [0.15, 0.2) is 91.0 Å². The topological polar surface area (TPSA) is 38.7 Å². The molecule has 0 aliphatic carbocycles. The van der Waals surface area contributed by atoms with Crippen molar-refractivity contribution in [2.24, 2.45) is 5.92 Å². The molecule has 0 aromatic heterocycles. The fourth-order valence-electron chi connectivity index (χ4n) is 6.54. The van der Waals surface area contributed by atoms with Gasteiger partial charge in [-0.25, -0.2) is 0 Å². The van der Waals surface area contributed by atoms with Crippen LogP contribution < -0.4 is 0 Å². The van der Waals surface area contributed by atoms with E-state index in [1.165, 1.54) is 89.9 Å². The van der Waals surface area contributed by atoms with Crippen LogP contribution in [-0.2, 0) is 15.1 Å². The molecule has 3 nitrogen and oxygen atoms in total. The van der Waals surface area contributed by atoms with E-state index < -0.39 is 11.7 Å². The van der Waals surface area contributed by atoms with Crippen LogP contribution in [0, 0.1) is 5.92 Å². The van der Waals surface area contributed by atoms with Crippen LogP contribution in [0.5, 0.6) is 0 Å². The van der Waals surface area contributed by atoms with Gasteiger partial charge in [-0.05, 0) is 35.4 Å². The normalized spacial score (nSPS) is 13.9. The summed E-state index contributed by atoms with van der Waals surface area (Å²) in [5, 5.41) is 11.3. The van der Waals surface area contributed by atoms with E-state index in [4.69, 9.17) is 9.47 Å². The third kappa shape index (κ3) is 12.7. The van der Waals surface area contributed by atoms with Gasteiger partial charge in [0.1, 0.15) is 11.7 Å². The van der Waals surface area contributed by atoms with Crippen molar-refractivity contribution in [1.82, 2.24) is 0 Å². The van der Waals surface area contributed by atoms with Gasteiger partial charge in [0, 0.05) is 0 Å². The summed E-state index contributed by atoms with van der Waals surface area (Å²) in [4.78, 5) is 0. The predicted octanol–water partition coefficient (Wildman–Crippen LogP) is 11.3. The van der Waals surface area contributed by atoms with Crippen molar-refractivity contribution >= 4 is 0 Å². The summed E-state index contributed by atoms with van der Waals surface area (Å²) in [5.74, 6) is 0.487. The van der Waals surface area contributed by atoms with Gasteiger partial charge in [-0.1, -0.05) is 195 Å². The molecule has 0 saturated carbocycles. The number of aliphatic hydroxyl groups is 1. The Morgan fingerprint density at radius 1 is 0.533 bits per heavy atom. The summed E-state index contributed by atoms with van der Waals surface area (Å²) in [6.45, 7) is 7.36. The maximum Gasteiger partial charge on any atom is 0.143 e. The zero-order valence-corrected chi connectivity index (χ0v) is 28.7. The molecular formula is C42H62O3. The maximum absolute atomic E-state index is 11.3.